The van der Waals surface area contributed by atoms with Gasteiger partial charge >= 0.3 is 0 Å². The first kappa shape index (κ1) is 13.9. The van der Waals surface area contributed by atoms with Gasteiger partial charge in [0.2, 0.25) is 0 Å². The van der Waals surface area contributed by atoms with Gasteiger partial charge in [0.05, 0.1) is 4.83 Å². The molecule has 4 heteroatoms. The van der Waals surface area contributed by atoms with Gasteiger partial charge in [-0.05, 0) is 55.8 Å². The Bertz CT molecular complexity index is 903. The molecule has 0 nitrogen and oxygen atoms in total. The number of alkyl halides is 1. The SMILES string of the molecule is Brc1cccc2c(C(Br)c3cc4ccccc4s3)csc12. The predicted molar refractivity (Wildman–Crippen MR) is 102 cm³/mol. The van der Waals surface area contributed by atoms with Crippen molar-refractivity contribution in [1.82, 2.24) is 0 Å². The van der Waals surface area contributed by atoms with Gasteiger partial charge in [0, 0.05) is 18.7 Å². The van der Waals surface area contributed by atoms with Crippen molar-refractivity contribution in [3.8, 4) is 0 Å². The van der Waals surface area contributed by atoms with E-state index in [1.54, 1.807) is 11.3 Å². The lowest BCUT2D eigenvalue weighted by atomic mass is 10.1. The Balaban J connectivity index is 1.85. The molecular weight excluding hydrogens is 428 g/mol. The summed E-state index contributed by atoms with van der Waals surface area (Å²) >= 11 is 11.2. The van der Waals surface area contributed by atoms with Crippen LogP contribution in [0.1, 0.15) is 15.3 Å². The maximum Gasteiger partial charge on any atom is 0.0752 e. The van der Waals surface area contributed by atoms with Crippen LogP contribution in [0.5, 0.6) is 0 Å². The maximum absolute atomic E-state index is 3.90. The quantitative estimate of drug-likeness (QED) is 0.287. The van der Waals surface area contributed by atoms with E-state index < -0.39 is 0 Å². The fourth-order valence-corrected chi connectivity index (χ4v) is 6.19. The zero-order valence-corrected chi connectivity index (χ0v) is 15.7. The lowest BCUT2D eigenvalue weighted by Gasteiger charge is -2.06. The van der Waals surface area contributed by atoms with Gasteiger partial charge in [0.15, 0.2) is 0 Å². The Hall–Kier alpha value is -0.680. The summed E-state index contributed by atoms with van der Waals surface area (Å²) in [5.74, 6) is 0. The van der Waals surface area contributed by atoms with Crippen LogP contribution in [0.15, 0.2) is 58.4 Å². The van der Waals surface area contributed by atoms with E-state index in [0.29, 0.717) is 0 Å². The fourth-order valence-electron chi connectivity index (χ4n) is 2.52. The molecule has 0 bridgehead atoms. The Morgan fingerprint density at radius 2 is 1.86 bits per heavy atom. The average molecular weight is 438 g/mol. The van der Waals surface area contributed by atoms with Crippen molar-refractivity contribution in [2.75, 3.05) is 0 Å². The molecule has 0 aliphatic rings. The summed E-state index contributed by atoms with van der Waals surface area (Å²) in [7, 11) is 0. The number of rotatable bonds is 2. The van der Waals surface area contributed by atoms with Crippen molar-refractivity contribution in [2.45, 2.75) is 4.83 Å². The summed E-state index contributed by atoms with van der Waals surface area (Å²) in [6.45, 7) is 0. The summed E-state index contributed by atoms with van der Waals surface area (Å²) in [6.07, 6.45) is 0. The molecule has 1 unspecified atom stereocenters. The van der Waals surface area contributed by atoms with E-state index in [1.807, 2.05) is 11.3 Å². The van der Waals surface area contributed by atoms with Gasteiger partial charge in [0.25, 0.3) is 0 Å². The third-order valence-electron chi connectivity index (χ3n) is 3.55. The van der Waals surface area contributed by atoms with Gasteiger partial charge in [-0.15, -0.1) is 22.7 Å². The zero-order valence-electron chi connectivity index (χ0n) is 10.8. The second-order valence-corrected chi connectivity index (χ2v) is 8.62. The molecule has 2 heterocycles. The minimum atomic E-state index is 0.248. The van der Waals surface area contributed by atoms with E-state index in [0.717, 1.165) is 0 Å². The molecule has 1 atom stereocenters. The molecule has 0 aliphatic heterocycles. The van der Waals surface area contributed by atoms with Crippen molar-refractivity contribution < 1.29 is 0 Å². The summed E-state index contributed by atoms with van der Waals surface area (Å²) < 4.78 is 3.84. The minimum absolute atomic E-state index is 0.248. The summed E-state index contributed by atoms with van der Waals surface area (Å²) in [5.41, 5.74) is 1.35. The van der Waals surface area contributed by atoms with Gasteiger partial charge < -0.3 is 0 Å². The molecule has 104 valence electrons. The number of thiophene rings is 2. The number of fused-ring (bicyclic) bond motifs is 2. The third kappa shape index (κ3) is 2.38. The van der Waals surface area contributed by atoms with E-state index in [4.69, 9.17) is 0 Å². The van der Waals surface area contributed by atoms with Gasteiger partial charge in [-0.1, -0.05) is 46.3 Å². The molecule has 4 rings (SSSR count). The molecule has 2 aromatic carbocycles. The van der Waals surface area contributed by atoms with Crippen molar-refractivity contribution in [3.63, 3.8) is 0 Å². The van der Waals surface area contributed by atoms with Crippen LogP contribution in [-0.4, -0.2) is 0 Å². The first-order chi connectivity index (χ1) is 10.2. The second kappa shape index (κ2) is 5.51. The molecule has 0 radical (unpaired) electrons. The van der Waals surface area contributed by atoms with E-state index in [2.05, 4.69) is 85.8 Å². The van der Waals surface area contributed by atoms with Crippen LogP contribution in [0.4, 0.5) is 0 Å². The first-order valence-electron chi connectivity index (χ1n) is 6.52. The molecule has 0 fully saturated rings. The molecule has 0 N–H and O–H groups in total. The zero-order chi connectivity index (χ0) is 14.4. The molecule has 0 amide bonds. The first-order valence-corrected chi connectivity index (χ1v) is 9.92. The highest BCUT2D eigenvalue weighted by Crippen LogP contribution is 2.43. The van der Waals surface area contributed by atoms with Crippen molar-refractivity contribution in [2.24, 2.45) is 0 Å². The summed E-state index contributed by atoms with van der Waals surface area (Å²) in [6, 6.07) is 17.3. The smallest absolute Gasteiger partial charge is 0.0752 e. The third-order valence-corrected chi connectivity index (χ3v) is 7.99. The Kier molecular flexibility index (Phi) is 3.66. The van der Waals surface area contributed by atoms with Gasteiger partial charge in [-0.2, -0.15) is 0 Å². The Labute approximate surface area is 147 Å². The van der Waals surface area contributed by atoms with E-state index in [9.17, 15) is 0 Å². The second-order valence-electron chi connectivity index (χ2n) is 4.86. The van der Waals surface area contributed by atoms with Crippen LogP contribution in [0.2, 0.25) is 0 Å². The molecule has 0 saturated carbocycles. The van der Waals surface area contributed by atoms with Gasteiger partial charge in [-0.25, -0.2) is 0 Å². The summed E-state index contributed by atoms with van der Waals surface area (Å²) in [5, 5.41) is 4.91. The van der Waals surface area contributed by atoms with Crippen LogP contribution < -0.4 is 0 Å². The van der Waals surface area contributed by atoms with Crippen LogP contribution in [0, 0.1) is 0 Å². The average Bonchev–Trinajstić information content (AvgIpc) is 3.11. The van der Waals surface area contributed by atoms with Crippen molar-refractivity contribution >= 4 is 74.7 Å². The molecule has 21 heavy (non-hydrogen) atoms. The van der Waals surface area contributed by atoms with E-state index >= 15 is 0 Å². The molecule has 0 saturated heterocycles. The van der Waals surface area contributed by atoms with E-state index in [-0.39, 0.29) is 4.83 Å². The van der Waals surface area contributed by atoms with E-state index in [1.165, 1.54) is 35.1 Å². The van der Waals surface area contributed by atoms with Crippen LogP contribution >= 0.6 is 54.5 Å². The highest BCUT2D eigenvalue weighted by Gasteiger charge is 2.18. The largest absolute Gasteiger partial charge is 0.142 e. The van der Waals surface area contributed by atoms with Gasteiger partial charge in [-0.3, -0.25) is 0 Å². The lowest BCUT2D eigenvalue weighted by molar-refractivity contribution is 1.27. The van der Waals surface area contributed by atoms with Crippen molar-refractivity contribution in [3.05, 3.63) is 68.8 Å². The highest BCUT2D eigenvalue weighted by atomic mass is 79.9. The standard InChI is InChI=1S/C17H10Br2S2/c18-13-6-3-5-11-12(9-20-17(11)13)16(19)15-8-10-4-1-2-7-14(10)21-15/h1-9,16H. The lowest BCUT2D eigenvalue weighted by Crippen LogP contribution is -1.87. The molecular formula is C17H10Br2S2. The molecule has 0 aliphatic carbocycles. The normalized spacial score (nSPS) is 13.0. The fraction of sp³-hybridized carbons (Fsp3) is 0.0588. The maximum atomic E-state index is 3.90. The number of halogens is 2. The Morgan fingerprint density at radius 1 is 1.00 bits per heavy atom. The Morgan fingerprint density at radius 3 is 2.71 bits per heavy atom. The van der Waals surface area contributed by atoms with Crippen molar-refractivity contribution in [1.29, 1.82) is 0 Å². The molecule has 4 aromatic rings. The number of benzene rings is 2. The number of hydrogen-bond acceptors (Lipinski definition) is 2. The number of hydrogen-bond donors (Lipinski definition) is 0. The monoisotopic (exact) mass is 436 g/mol. The summed E-state index contributed by atoms with van der Waals surface area (Å²) in [4.78, 5) is 1.61. The molecule has 2 aromatic heterocycles. The van der Waals surface area contributed by atoms with Crippen LogP contribution in [0.25, 0.3) is 20.2 Å². The predicted octanol–water partition coefficient (Wildman–Crippen LogP) is 7.36. The highest BCUT2D eigenvalue weighted by molar-refractivity contribution is 9.10. The van der Waals surface area contributed by atoms with Crippen LogP contribution in [0.3, 0.4) is 0 Å². The topological polar surface area (TPSA) is 0 Å². The minimum Gasteiger partial charge on any atom is -0.142 e. The van der Waals surface area contributed by atoms with Crippen LogP contribution in [-0.2, 0) is 0 Å². The van der Waals surface area contributed by atoms with Gasteiger partial charge in [0.1, 0.15) is 0 Å². The molecule has 0 spiro atoms.